The van der Waals surface area contributed by atoms with Crippen LogP contribution in [0.3, 0.4) is 0 Å². The fourth-order valence-corrected chi connectivity index (χ4v) is 2.69. The molecular weight excluding hydrogens is 292 g/mol. The molecule has 0 bridgehead atoms. The summed E-state index contributed by atoms with van der Waals surface area (Å²) in [5, 5.41) is 0. The summed E-state index contributed by atoms with van der Waals surface area (Å²) in [6, 6.07) is 5.78. The summed E-state index contributed by atoms with van der Waals surface area (Å²) in [6.45, 7) is 4.74. The minimum atomic E-state index is -0.523. The third kappa shape index (κ3) is 4.01. The summed E-state index contributed by atoms with van der Waals surface area (Å²) in [7, 11) is 0. The zero-order chi connectivity index (χ0) is 16.1. The zero-order valence-electron chi connectivity index (χ0n) is 12.9. The summed E-state index contributed by atoms with van der Waals surface area (Å²) in [5.41, 5.74) is 6.84. The lowest BCUT2D eigenvalue weighted by molar-refractivity contribution is 0.0995. The second-order valence-corrected chi connectivity index (χ2v) is 5.56. The number of anilines is 1. The Morgan fingerprint density at radius 1 is 1.13 bits per heavy atom. The van der Waals surface area contributed by atoms with E-state index in [2.05, 4.69) is 36.9 Å². The van der Waals surface area contributed by atoms with Crippen LogP contribution in [0.1, 0.15) is 16.1 Å². The van der Waals surface area contributed by atoms with Crippen molar-refractivity contribution in [2.75, 3.05) is 37.6 Å². The van der Waals surface area contributed by atoms with Crippen LogP contribution in [0.5, 0.6) is 0 Å². The van der Waals surface area contributed by atoms with Gasteiger partial charge >= 0.3 is 0 Å². The average molecular weight is 312 g/mol. The zero-order valence-corrected chi connectivity index (χ0v) is 12.9. The van der Waals surface area contributed by atoms with E-state index in [1.54, 1.807) is 6.07 Å². The Kier molecular flexibility index (Phi) is 4.77. The van der Waals surface area contributed by atoms with Crippen molar-refractivity contribution >= 4 is 11.7 Å². The van der Waals surface area contributed by atoms with E-state index in [4.69, 9.17) is 5.73 Å². The number of hydrogen-bond acceptors (Lipinski definition) is 6. The van der Waals surface area contributed by atoms with Crippen molar-refractivity contribution in [2.24, 2.45) is 5.73 Å². The topological polar surface area (TPSA) is 88.2 Å². The molecule has 1 amide bonds. The van der Waals surface area contributed by atoms with E-state index in [9.17, 15) is 4.79 Å². The van der Waals surface area contributed by atoms with E-state index in [1.807, 2.05) is 12.4 Å². The number of carbonyl (C=O) groups excluding carboxylic acids is 1. The van der Waals surface area contributed by atoms with Crippen molar-refractivity contribution in [3.63, 3.8) is 0 Å². The van der Waals surface area contributed by atoms with Crippen LogP contribution in [0, 0.1) is 0 Å². The Bertz CT molecular complexity index is 655. The van der Waals surface area contributed by atoms with Crippen LogP contribution in [-0.2, 0) is 6.42 Å². The number of hydrogen-bond donors (Lipinski definition) is 1. The predicted octanol–water partition coefficient (Wildman–Crippen LogP) is 0.335. The first-order valence-corrected chi connectivity index (χ1v) is 7.70. The van der Waals surface area contributed by atoms with E-state index in [1.165, 1.54) is 11.9 Å². The highest BCUT2D eigenvalue weighted by Gasteiger charge is 2.18. The molecular formula is C16H20N6O. The molecule has 0 saturated carbocycles. The molecule has 0 aliphatic carbocycles. The Balaban J connectivity index is 1.52. The number of nitrogens with two attached hydrogens (primary N) is 1. The lowest BCUT2D eigenvalue weighted by Gasteiger charge is -2.35. The van der Waals surface area contributed by atoms with Gasteiger partial charge in [0, 0.05) is 51.2 Å². The number of carbonyl (C=O) groups is 1. The maximum absolute atomic E-state index is 11.2. The van der Waals surface area contributed by atoms with Gasteiger partial charge in [-0.15, -0.1) is 0 Å². The van der Waals surface area contributed by atoms with E-state index < -0.39 is 5.91 Å². The lowest BCUT2D eigenvalue weighted by atomic mass is 10.2. The van der Waals surface area contributed by atoms with Crippen molar-refractivity contribution in [3.8, 4) is 0 Å². The number of primary amides is 1. The molecule has 1 saturated heterocycles. The highest BCUT2D eigenvalue weighted by atomic mass is 16.1. The first-order valence-electron chi connectivity index (χ1n) is 7.70. The van der Waals surface area contributed by atoms with Gasteiger partial charge in [-0.1, -0.05) is 0 Å². The van der Waals surface area contributed by atoms with Gasteiger partial charge in [0.05, 0.1) is 0 Å². The molecule has 2 aromatic heterocycles. The number of aromatic nitrogens is 3. The molecule has 1 aliphatic heterocycles. The first kappa shape index (κ1) is 15.4. The predicted molar refractivity (Wildman–Crippen MR) is 87.1 cm³/mol. The molecule has 3 rings (SSSR count). The molecule has 0 spiro atoms. The maximum atomic E-state index is 11.2. The van der Waals surface area contributed by atoms with E-state index in [0.29, 0.717) is 0 Å². The van der Waals surface area contributed by atoms with Gasteiger partial charge in [-0.05, 0) is 24.1 Å². The molecule has 7 heteroatoms. The largest absolute Gasteiger partial charge is 0.364 e. The van der Waals surface area contributed by atoms with Gasteiger partial charge in [-0.25, -0.2) is 9.97 Å². The minimum Gasteiger partial charge on any atom is -0.364 e. The summed E-state index contributed by atoms with van der Waals surface area (Å²) in [4.78, 5) is 28.0. The average Bonchev–Trinajstić information content (AvgIpc) is 2.61. The fraction of sp³-hybridized carbons (Fsp3) is 0.375. The minimum absolute atomic E-state index is 0.259. The molecule has 120 valence electrons. The maximum Gasteiger partial charge on any atom is 0.267 e. The Labute approximate surface area is 135 Å². The normalized spacial score (nSPS) is 15.6. The monoisotopic (exact) mass is 312 g/mol. The van der Waals surface area contributed by atoms with E-state index >= 15 is 0 Å². The third-order valence-electron chi connectivity index (χ3n) is 4.07. The molecule has 0 atom stereocenters. The third-order valence-corrected chi connectivity index (χ3v) is 4.07. The fourth-order valence-electron chi connectivity index (χ4n) is 2.69. The smallest absolute Gasteiger partial charge is 0.267 e. The quantitative estimate of drug-likeness (QED) is 0.856. The summed E-state index contributed by atoms with van der Waals surface area (Å²) >= 11 is 0. The number of amides is 1. The Hall–Kier alpha value is -2.54. The number of pyridine rings is 1. The highest BCUT2D eigenvalue weighted by Crippen LogP contribution is 2.14. The number of rotatable bonds is 5. The van der Waals surface area contributed by atoms with Gasteiger partial charge in [-0.3, -0.25) is 14.7 Å². The Morgan fingerprint density at radius 3 is 2.57 bits per heavy atom. The summed E-state index contributed by atoms with van der Waals surface area (Å²) < 4.78 is 0. The molecule has 3 heterocycles. The van der Waals surface area contributed by atoms with Gasteiger partial charge in [0.25, 0.3) is 5.91 Å². The van der Waals surface area contributed by atoms with Crippen LogP contribution in [0.25, 0.3) is 0 Å². The SMILES string of the molecule is NC(=O)c1cc(N2CCN(CCc3ccncc3)CC2)ncn1. The number of nitrogens with zero attached hydrogens (tertiary/aromatic N) is 5. The van der Waals surface area contributed by atoms with Crippen LogP contribution < -0.4 is 10.6 Å². The van der Waals surface area contributed by atoms with Gasteiger partial charge < -0.3 is 10.6 Å². The van der Waals surface area contributed by atoms with Crippen LogP contribution >= 0.6 is 0 Å². The standard InChI is InChI=1S/C16H20N6O/c17-16(23)14-11-15(20-12-19-14)22-9-7-21(8-10-22)6-3-13-1-4-18-5-2-13/h1-2,4-5,11-12H,3,6-10H2,(H2,17,23). The number of piperazine rings is 1. The van der Waals surface area contributed by atoms with Crippen LogP contribution in [-0.4, -0.2) is 58.5 Å². The molecule has 2 aromatic rings. The Morgan fingerprint density at radius 2 is 1.87 bits per heavy atom. The summed E-state index contributed by atoms with van der Waals surface area (Å²) in [5.74, 6) is 0.243. The van der Waals surface area contributed by atoms with Crippen molar-refractivity contribution < 1.29 is 4.79 Å². The van der Waals surface area contributed by atoms with Crippen LogP contribution in [0.4, 0.5) is 5.82 Å². The first-order chi connectivity index (χ1) is 11.2. The second-order valence-electron chi connectivity index (χ2n) is 5.56. The van der Waals surface area contributed by atoms with Crippen molar-refractivity contribution in [2.45, 2.75) is 6.42 Å². The molecule has 1 fully saturated rings. The molecule has 2 N–H and O–H groups in total. The van der Waals surface area contributed by atoms with Crippen molar-refractivity contribution in [3.05, 3.63) is 48.2 Å². The van der Waals surface area contributed by atoms with Crippen molar-refractivity contribution in [1.29, 1.82) is 0 Å². The van der Waals surface area contributed by atoms with E-state index in [-0.39, 0.29) is 5.69 Å². The second kappa shape index (κ2) is 7.15. The summed E-state index contributed by atoms with van der Waals surface area (Å²) in [6.07, 6.45) is 6.09. The van der Waals surface area contributed by atoms with Gasteiger partial charge in [0.15, 0.2) is 0 Å². The molecule has 23 heavy (non-hydrogen) atoms. The van der Waals surface area contributed by atoms with Gasteiger partial charge in [0.2, 0.25) is 0 Å². The lowest BCUT2D eigenvalue weighted by Crippen LogP contribution is -2.47. The van der Waals surface area contributed by atoms with Gasteiger partial charge in [0.1, 0.15) is 17.8 Å². The molecule has 1 aliphatic rings. The molecule has 0 aromatic carbocycles. The molecule has 0 unspecified atom stereocenters. The van der Waals surface area contributed by atoms with Crippen molar-refractivity contribution in [1.82, 2.24) is 19.9 Å². The molecule has 7 nitrogen and oxygen atoms in total. The van der Waals surface area contributed by atoms with Crippen LogP contribution in [0.15, 0.2) is 36.9 Å². The van der Waals surface area contributed by atoms with Crippen LogP contribution in [0.2, 0.25) is 0 Å². The molecule has 0 radical (unpaired) electrons. The highest BCUT2D eigenvalue weighted by molar-refractivity contribution is 5.91. The van der Waals surface area contributed by atoms with E-state index in [0.717, 1.165) is 45.0 Å². The van der Waals surface area contributed by atoms with Gasteiger partial charge in [-0.2, -0.15) is 0 Å².